The standard InChI is InChI=1S/C16H21ClN2O2/c1-4-18(5-2)13-6-7-14(11(3)8-13)19-10-12(16(17)21)9-15(19)20/h6-8,12H,4-5,9-10H2,1-3H3/t12-/m1/s1. The Morgan fingerprint density at radius 1 is 1.38 bits per heavy atom. The SMILES string of the molecule is CCN(CC)c1ccc(N2C[C@H](C(=O)Cl)CC2=O)c(C)c1. The molecule has 0 saturated carbocycles. The molecule has 1 amide bonds. The molecule has 0 radical (unpaired) electrons. The first-order chi connectivity index (χ1) is 9.97. The Bertz CT molecular complexity index is 555. The monoisotopic (exact) mass is 308 g/mol. The van der Waals surface area contributed by atoms with E-state index in [9.17, 15) is 9.59 Å². The summed E-state index contributed by atoms with van der Waals surface area (Å²) in [5.74, 6) is -0.422. The Kier molecular flexibility index (Phi) is 4.88. The molecule has 0 unspecified atom stereocenters. The van der Waals surface area contributed by atoms with Crippen LogP contribution in [0.15, 0.2) is 18.2 Å². The van der Waals surface area contributed by atoms with E-state index in [0.717, 1.165) is 30.0 Å². The van der Waals surface area contributed by atoms with Crippen molar-refractivity contribution in [2.75, 3.05) is 29.4 Å². The maximum absolute atomic E-state index is 12.1. The Morgan fingerprint density at radius 2 is 2.05 bits per heavy atom. The summed E-state index contributed by atoms with van der Waals surface area (Å²) < 4.78 is 0. The average molecular weight is 309 g/mol. The molecule has 0 aliphatic carbocycles. The molecule has 2 rings (SSSR count). The Labute approximate surface area is 130 Å². The molecule has 0 aromatic heterocycles. The van der Waals surface area contributed by atoms with Gasteiger partial charge in [0.25, 0.3) is 0 Å². The van der Waals surface area contributed by atoms with Crippen LogP contribution in [0.2, 0.25) is 0 Å². The number of hydrogen-bond donors (Lipinski definition) is 0. The summed E-state index contributed by atoms with van der Waals surface area (Å²) in [6.07, 6.45) is 0.208. The fraction of sp³-hybridized carbons (Fsp3) is 0.500. The zero-order valence-electron chi connectivity index (χ0n) is 12.7. The van der Waals surface area contributed by atoms with Gasteiger partial charge in [0.15, 0.2) is 0 Å². The van der Waals surface area contributed by atoms with Crippen molar-refractivity contribution in [3.05, 3.63) is 23.8 Å². The van der Waals surface area contributed by atoms with Gasteiger partial charge in [0, 0.05) is 37.4 Å². The smallest absolute Gasteiger partial charge is 0.227 e. The molecule has 1 aliphatic heterocycles. The van der Waals surface area contributed by atoms with E-state index in [0.29, 0.717) is 6.54 Å². The van der Waals surface area contributed by atoms with Crippen LogP contribution in [0.4, 0.5) is 11.4 Å². The quantitative estimate of drug-likeness (QED) is 0.785. The van der Waals surface area contributed by atoms with Crippen molar-refractivity contribution in [1.29, 1.82) is 0 Å². The molecule has 1 atom stereocenters. The molecule has 1 saturated heterocycles. The van der Waals surface area contributed by atoms with Crippen molar-refractivity contribution in [2.24, 2.45) is 5.92 Å². The minimum atomic E-state index is -0.428. The molecular weight excluding hydrogens is 288 g/mol. The number of amides is 1. The van der Waals surface area contributed by atoms with Gasteiger partial charge in [-0.15, -0.1) is 0 Å². The van der Waals surface area contributed by atoms with Crippen molar-refractivity contribution in [3.63, 3.8) is 0 Å². The van der Waals surface area contributed by atoms with Gasteiger partial charge < -0.3 is 9.80 Å². The molecule has 0 spiro atoms. The topological polar surface area (TPSA) is 40.6 Å². The van der Waals surface area contributed by atoms with E-state index in [2.05, 4.69) is 24.8 Å². The van der Waals surface area contributed by atoms with Gasteiger partial charge in [-0.3, -0.25) is 9.59 Å². The summed E-state index contributed by atoms with van der Waals surface area (Å²) in [5.41, 5.74) is 3.06. The van der Waals surface area contributed by atoms with E-state index in [-0.39, 0.29) is 18.2 Å². The molecule has 1 heterocycles. The van der Waals surface area contributed by atoms with Crippen LogP contribution in [0.25, 0.3) is 0 Å². The number of aryl methyl sites for hydroxylation is 1. The third kappa shape index (κ3) is 3.21. The lowest BCUT2D eigenvalue weighted by atomic mass is 10.1. The van der Waals surface area contributed by atoms with E-state index in [1.165, 1.54) is 0 Å². The minimum absolute atomic E-state index is 0.0345. The second kappa shape index (κ2) is 6.48. The number of benzene rings is 1. The Balaban J connectivity index is 2.25. The first kappa shape index (κ1) is 15.8. The maximum atomic E-state index is 12.1. The zero-order valence-corrected chi connectivity index (χ0v) is 13.5. The zero-order chi connectivity index (χ0) is 15.6. The van der Waals surface area contributed by atoms with Gasteiger partial charge in [-0.05, 0) is 56.1 Å². The van der Waals surface area contributed by atoms with Gasteiger partial charge in [0.1, 0.15) is 0 Å². The fourth-order valence-electron chi connectivity index (χ4n) is 2.82. The third-order valence-electron chi connectivity index (χ3n) is 4.05. The van der Waals surface area contributed by atoms with Crippen molar-refractivity contribution >= 4 is 34.1 Å². The second-order valence-corrected chi connectivity index (χ2v) is 5.73. The number of hydrogen-bond acceptors (Lipinski definition) is 3. The van der Waals surface area contributed by atoms with Crippen LogP contribution in [0.5, 0.6) is 0 Å². The molecule has 1 fully saturated rings. The predicted octanol–water partition coefficient (Wildman–Crippen LogP) is 2.96. The number of halogens is 1. The molecule has 5 heteroatoms. The lowest BCUT2D eigenvalue weighted by Gasteiger charge is -2.24. The summed E-state index contributed by atoms with van der Waals surface area (Å²) >= 11 is 5.52. The normalized spacial score (nSPS) is 18.2. The van der Waals surface area contributed by atoms with E-state index >= 15 is 0 Å². The van der Waals surface area contributed by atoms with Crippen LogP contribution < -0.4 is 9.80 Å². The molecular formula is C16H21ClN2O2. The Hall–Kier alpha value is -1.55. The Morgan fingerprint density at radius 3 is 2.52 bits per heavy atom. The summed E-state index contributed by atoms with van der Waals surface area (Å²) in [6, 6.07) is 6.08. The minimum Gasteiger partial charge on any atom is -0.372 e. The molecule has 1 aromatic rings. The molecule has 21 heavy (non-hydrogen) atoms. The lowest BCUT2D eigenvalue weighted by Crippen LogP contribution is -2.26. The van der Waals surface area contributed by atoms with Crippen LogP contribution in [-0.2, 0) is 9.59 Å². The largest absolute Gasteiger partial charge is 0.372 e. The molecule has 4 nitrogen and oxygen atoms in total. The van der Waals surface area contributed by atoms with Gasteiger partial charge in [-0.25, -0.2) is 0 Å². The maximum Gasteiger partial charge on any atom is 0.227 e. The number of carbonyl (C=O) groups is 2. The highest BCUT2D eigenvalue weighted by atomic mass is 35.5. The summed E-state index contributed by atoms with van der Waals surface area (Å²) in [5, 5.41) is -0.428. The third-order valence-corrected chi connectivity index (χ3v) is 4.35. The first-order valence-corrected chi connectivity index (χ1v) is 7.71. The van der Waals surface area contributed by atoms with Crippen LogP contribution in [0, 0.1) is 12.8 Å². The number of anilines is 2. The second-order valence-electron chi connectivity index (χ2n) is 5.35. The first-order valence-electron chi connectivity index (χ1n) is 7.33. The van der Waals surface area contributed by atoms with Crippen LogP contribution >= 0.6 is 11.6 Å². The van der Waals surface area contributed by atoms with E-state index in [1.807, 2.05) is 19.1 Å². The van der Waals surface area contributed by atoms with Gasteiger partial charge in [-0.1, -0.05) is 0 Å². The highest BCUT2D eigenvalue weighted by Gasteiger charge is 2.34. The van der Waals surface area contributed by atoms with Crippen LogP contribution in [0.3, 0.4) is 0 Å². The van der Waals surface area contributed by atoms with Crippen LogP contribution in [0.1, 0.15) is 25.8 Å². The fourth-order valence-corrected chi connectivity index (χ4v) is 2.97. The summed E-state index contributed by atoms with van der Waals surface area (Å²) in [7, 11) is 0. The van der Waals surface area contributed by atoms with E-state index < -0.39 is 5.24 Å². The van der Waals surface area contributed by atoms with Crippen molar-refractivity contribution in [2.45, 2.75) is 27.2 Å². The van der Waals surface area contributed by atoms with Gasteiger partial charge >= 0.3 is 0 Å². The van der Waals surface area contributed by atoms with Crippen molar-refractivity contribution < 1.29 is 9.59 Å². The van der Waals surface area contributed by atoms with Crippen LogP contribution in [-0.4, -0.2) is 30.8 Å². The lowest BCUT2D eigenvalue weighted by molar-refractivity contribution is -0.120. The highest BCUT2D eigenvalue weighted by Crippen LogP contribution is 2.31. The number of nitrogens with zero attached hydrogens (tertiary/aromatic N) is 2. The summed E-state index contributed by atoms with van der Waals surface area (Å²) in [4.78, 5) is 27.3. The predicted molar refractivity (Wildman–Crippen MR) is 86.1 cm³/mol. The number of rotatable bonds is 5. The molecule has 1 aliphatic rings. The molecule has 1 aromatic carbocycles. The van der Waals surface area contributed by atoms with Crippen molar-refractivity contribution in [1.82, 2.24) is 0 Å². The molecule has 0 N–H and O–H groups in total. The van der Waals surface area contributed by atoms with E-state index in [1.54, 1.807) is 4.90 Å². The van der Waals surface area contributed by atoms with Gasteiger partial charge in [0.05, 0.1) is 5.92 Å². The molecule has 114 valence electrons. The average Bonchev–Trinajstić information content (AvgIpc) is 2.83. The van der Waals surface area contributed by atoms with Gasteiger partial charge in [0.2, 0.25) is 11.1 Å². The van der Waals surface area contributed by atoms with Gasteiger partial charge in [-0.2, -0.15) is 0 Å². The number of carbonyl (C=O) groups excluding carboxylic acids is 2. The van der Waals surface area contributed by atoms with Crippen molar-refractivity contribution in [3.8, 4) is 0 Å². The van der Waals surface area contributed by atoms with E-state index in [4.69, 9.17) is 11.6 Å². The highest BCUT2D eigenvalue weighted by molar-refractivity contribution is 6.64. The molecule has 0 bridgehead atoms. The summed E-state index contributed by atoms with van der Waals surface area (Å²) in [6.45, 7) is 8.50.